The minimum atomic E-state index is -0.259. The van der Waals surface area contributed by atoms with E-state index in [1.54, 1.807) is 26.0 Å². The van der Waals surface area contributed by atoms with Crippen LogP contribution < -0.4 is 14.9 Å². The average molecular weight is 343 g/mol. The summed E-state index contributed by atoms with van der Waals surface area (Å²) in [5.74, 6) is 1.78. The Morgan fingerprint density at radius 3 is 2.72 bits per heavy atom. The molecule has 0 bridgehead atoms. The van der Waals surface area contributed by atoms with Crippen LogP contribution >= 0.6 is 0 Å². The van der Waals surface area contributed by atoms with Crippen molar-refractivity contribution < 1.29 is 18.7 Å². The van der Waals surface area contributed by atoms with Gasteiger partial charge in [0.25, 0.3) is 5.91 Å². The number of hydrogen-bond donors (Lipinski definition) is 0. The maximum Gasteiger partial charge on any atom is 0.289 e. The van der Waals surface area contributed by atoms with Crippen molar-refractivity contribution in [1.82, 2.24) is 4.90 Å². The molecular weight excluding hydrogens is 322 g/mol. The standard InChI is InChI=1S/C19H21NO5/c1-12-9-14(21)10-17(25-12)19(22)20-8-7-13(11-20)15-5-4-6-16(23-2)18(15)24-3/h4-6,9-10,13H,7-8,11H2,1-3H3. The first-order valence-electron chi connectivity index (χ1n) is 8.15. The lowest BCUT2D eigenvalue weighted by molar-refractivity contribution is 0.0754. The van der Waals surface area contributed by atoms with Gasteiger partial charge in [-0.2, -0.15) is 0 Å². The van der Waals surface area contributed by atoms with E-state index < -0.39 is 0 Å². The fourth-order valence-corrected chi connectivity index (χ4v) is 3.30. The SMILES string of the molecule is COc1cccc(C2CCN(C(=O)c3cc(=O)cc(C)o3)C2)c1OC. The number of ether oxygens (including phenoxy) is 2. The molecule has 0 radical (unpaired) electrons. The monoisotopic (exact) mass is 343 g/mol. The topological polar surface area (TPSA) is 69.0 Å². The van der Waals surface area contributed by atoms with Crippen LogP contribution in [0, 0.1) is 6.92 Å². The van der Waals surface area contributed by atoms with Gasteiger partial charge in [-0.1, -0.05) is 12.1 Å². The minimum Gasteiger partial charge on any atom is -0.493 e. The van der Waals surface area contributed by atoms with Crippen molar-refractivity contribution in [1.29, 1.82) is 0 Å². The normalized spacial score (nSPS) is 16.8. The second-order valence-electron chi connectivity index (χ2n) is 6.09. The molecule has 2 aromatic rings. The second-order valence-corrected chi connectivity index (χ2v) is 6.09. The summed E-state index contributed by atoms with van der Waals surface area (Å²) in [6.45, 7) is 2.80. The maximum absolute atomic E-state index is 12.6. The Balaban J connectivity index is 1.82. The van der Waals surface area contributed by atoms with E-state index in [9.17, 15) is 9.59 Å². The van der Waals surface area contributed by atoms with Gasteiger partial charge in [-0.05, 0) is 19.4 Å². The highest BCUT2D eigenvalue weighted by Crippen LogP contribution is 2.39. The van der Waals surface area contributed by atoms with Crippen molar-refractivity contribution in [3.05, 3.63) is 57.6 Å². The van der Waals surface area contributed by atoms with Crippen LogP contribution in [0.5, 0.6) is 11.5 Å². The van der Waals surface area contributed by atoms with Gasteiger partial charge in [-0.25, -0.2) is 0 Å². The molecule has 0 saturated carbocycles. The predicted octanol–water partition coefficient (Wildman–Crippen LogP) is 2.60. The fraction of sp³-hybridized carbons (Fsp3) is 0.368. The lowest BCUT2D eigenvalue weighted by Gasteiger charge is -2.18. The Kier molecular flexibility index (Phi) is 4.79. The zero-order valence-corrected chi connectivity index (χ0v) is 14.6. The molecule has 1 aliphatic heterocycles. The third-order valence-electron chi connectivity index (χ3n) is 4.45. The van der Waals surface area contributed by atoms with Gasteiger partial charge in [-0.15, -0.1) is 0 Å². The number of aryl methyl sites for hydroxylation is 1. The molecule has 1 unspecified atom stereocenters. The third-order valence-corrected chi connectivity index (χ3v) is 4.45. The van der Waals surface area contributed by atoms with Gasteiger partial charge >= 0.3 is 0 Å². The van der Waals surface area contributed by atoms with E-state index in [1.165, 1.54) is 12.1 Å². The van der Waals surface area contributed by atoms with Gasteiger partial charge in [-0.3, -0.25) is 9.59 Å². The van der Waals surface area contributed by atoms with E-state index in [0.717, 1.165) is 12.0 Å². The quantitative estimate of drug-likeness (QED) is 0.853. The predicted molar refractivity (Wildman–Crippen MR) is 92.5 cm³/mol. The van der Waals surface area contributed by atoms with Crippen LogP contribution in [-0.4, -0.2) is 38.1 Å². The highest BCUT2D eigenvalue weighted by molar-refractivity contribution is 5.91. The fourth-order valence-electron chi connectivity index (χ4n) is 3.30. The summed E-state index contributed by atoms with van der Waals surface area (Å²) in [5.41, 5.74) is 0.792. The molecule has 0 spiro atoms. The summed E-state index contributed by atoms with van der Waals surface area (Å²) in [6.07, 6.45) is 0.811. The van der Waals surface area contributed by atoms with Crippen LogP contribution in [-0.2, 0) is 0 Å². The lowest BCUT2D eigenvalue weighted by atomic mass is 9.97. The Hall–Kier alpha value is -2.76. The number of nitrogens with zero attached hydrogens (tertiary/aromatic N) is 1. The summed E-state index contributed by atoms with van der Waals surface area (Å²) < 4.78 is 16.3. The third kappa shape index (κ3) is 3.38. The Morgan fingerprint density at radius 1 is 1.24 bits per heavy atom. The molecule has 2 heterocycles. The van der Waals surface area contributed by atoms with E-state index in [0.29, 0.717) is 30.3 Å². The molecule has 1 aliphatic rings. The van der Waals surface area contributed by atoms with Gasteiger partial charge in [0.1, 0.15) is 5.76 Å². The van der Waals surface area contributed by atoms with Crippen LogP contribution in [0.25, 0.3) is 0 Å². The first-order valence-corrected chi connectivity index (χ1v) is 8.15. The van der Waals surface area contributed by atoms with Crippen molar-refractivity contribution in [3.8, 4) is 11.5 Å². The van der Waals surface area contributed by atoms with Gasteiger partial charge in [0.05, 0.1) is 14.2 Å². The van der Waals surface area contributed by atoms with Gasteiger partial charge in [0.15, 0.2) is 22.7 Å². The number of carbonyl (C=O) groups excluding carboxylic acids is 1. The van der Waals surface area contributed by atoms with Crippen LogP contribution in [0.1, 0.15) is 34.2 Å². The van der Waals surface area contributed by atoms with E-state index >= 15 is 0 Å². The molecule has 1 amide bonds. The summed E-state index contributed by atoms with van der Waals surface area (Å²) >= 11 is 0. The summed E-state index contributed by atoms with van der Waals surface area (Å²) in [6, 6.07) is 8.37. The van der Waals surface area contributed by atoms with Gasteiger partial charge in [0, 0.05) is 36.7 Å². The van der Waals surface area contributed by atoms with Crippen molar-refractivity contribution in [2.75, 3.05) is 27.3 Å². The molecule has 3 rings (SSSR count). The molecule has 6 nitrogen and oxygen atoms in total. The molecule has 1 aromatic heterocycles. The molecule has 1 fully saturated rings. The maximum atomic E-state index is 12.6. The number of methoxy groups -OCH3 is 2. The van der Waals surface area contributed by atoms with Crippen LogP contribution in [0.15, 0.2) is 39.5 Å². The minimum absolute atomic E-state index is 0.0863. The zero-order chi connectivity index (χ0) is 18.0. The number of benzene rings is 1. The molecule has 0 aliphatic carbocycles. The van der Waals surface area contributed by atoms with Crippen LogP contribution in [0.4, 0.5) is 0 Å². The van der Waals surface area contributed by atoms with Crippen molar-refractivity contribution in [2.24, 2.45) is 0 Å². The summed E-state index contributed by atoms with van der Waals surface area (Å²) in [5, 5.41) is 0. The molecule has 132 valence electrons. The number of carbonyl (C=O) groups is 1. The Bertz CT molecular complexity index is 842. The van der Waals surface area contributed by atoms with E-state index in [-0.39, 0.29) is 23.0 Å². The lowest BCUT2D eigenvalue weighted by Crippen LogP contribution is -2.29. The highest BCUT2D eigenvalue weighted by atomic mass is 16.5. The molecule has 1 atom stereocenters. The number of likely N-dealkylation sites (tertiary alicyclic amines) is 1. The Morgan fingerprint density at radius 2 is 2.04 bits per heavy atom. The molecule has 25 heavy (non-hydrogen) atoms. The van der Waals surface area contributed by atoms with Gasteiger partial charge < -0.3 is 18.8 Å². The van der Waals surface area contributed by atoms with E-state index in [4.69, 9.17) is 13.9 Å². The summed E-state index contributed by atoms with van der Waals surface area (Å²) in [7, 11) is 3.21. The van der Waals surface area contributed by atoms with Crippen LogP contribution in [0.3, 0.4) is 0 Å². The zero-order valence-electron chi connectivity index (χ0n) is 14.6. The average Bonchev–Trinajstić information content (AvgIpc) is 3.09. The first-order chi connectivity index (χ1) is 12.0. The van der Waals surface area contributed by atoms with Crippen molar-refractivity contribution >= 4 is 5.91 Å². The van der Waals surface area contributed by atoms with Crippen molar-refractivity contribution in [3.63, 3.8) is 0 Å². The second kappa shape index (κ2) is 7.01. The molecular formula is C19H21NO5. The first kappa shape index (κ1) is 17.1. The Labute approximate surface area is 146 Å². The number of hydrogen-bond acceptors (Lipinski definition) is 5. The van der Waals surface area contributed by atoms with E-state index in [1.807, 2.05) is 18.2 Å². The molecule has 6 heteroatoms. The smallest absolute Gasteiger partial charge is 0.289 e. The highest BCUT2D eigenvalue weighted by Gasteiger charge is 2.31. The molecule has 1 aromatic carbocycles. The number of rotatable bonds is 4. The summed E-state index contributed by atoms with van der Waals surface area (Å²) in [4.78, 5) is 26.0. The van der Waals surface area contributed by atoms with E-state index in [2.05, 4.69) is 0 Å². The molecule has 0 N–H and O–H groups in total. The number of amides is 1. The number of para-hydroxylation sites is 1. The molecule has 1 saturated heterocycles. The largest absolute Gasteiger partial charge is 0.493 e. The van der Waals surface area contributed by atoms with Crippen molar-refractivity contribution in [2.45, 2.75) is 19.3 Å². The van der Waals surface area contributed by atoms with Gasteiger partial charge in [0.2, 0.25) is 0 Å². The van der Waals surface area contributed by atoms with Crippen LogP contribution in [0.2, 0.25) is 0 Å².